The standard InChI is InChI=1S/C19H23NO3S2/c1-14-8-10-16(11-9-14)25(22,23)18-13-12-17(24-18)19(21)20-15-6-4-2-3-5-7-15/h8-13,15H,2-7H2,1H3,(H,20,21). The van der Waals surface area contributed by atoms with E-state index in [1.807, 2.05) is 6.92 Å². The molecule has 1 heterocycles. The second-order valence-corrected chi connectivity index (χ2v) is 9.86. The molecule has 1 aromatic heterocycles. The third-order valence-corrected chi connectivity index (χ3v) is 7.94. The van der Waals surface area contributed by atoms with E-state index in [-0.39, 0.29) is 21.1 Å². The number of nitrogens with one attached hydrogen (secondary N) is 1. The van der Waals surface area contributed by atoms with Gasteiger partial charge in [0.1, 0.15) is 4.21 Å². The average Bonchev–Trinajstić information content (AvgIpc) is 2.96. The van der Waals surface area contributed by atoms with Crippen LogP contribution >= 0.6 is 11.3 Å². The lowest BCUT2D eigenvalue weighted by atomic mass is 10.1. The number of rotatable bonds is 4. The van der Waals surface area contributed by atoms with Crippen LogP contribution in [0.25, 0.3) is 0 Å². The maximum atomic E-state index is 12.7. The smallest absolute Gasteiger partial charge is 0.261 e. The molecule has 4 nitrogen and oxygen atoms in total. The van der Waals surface area contributed by atoms with E-state index < -0.39 is 9.84 Å². The van der Waals surface area contributed by atoms with Crippen LogP contribution in [0, 0.1) is 6.92 Å². The van der Waals surface area contributed by atoms with Crippen molar-refractivity contribution in [3.8, 4) is 0 Å². The largest absolute Gasteiger partial charge is 0.349 e. The summed E-state index contributed by atoms with van der Waals surface area (Å²) in [6.45, 7) is 1.91. The van der Waals surface area contributed by atoms with Gasteiger partial charge in [0.05, 0.1) is 9.77 Å². The number of aryl methyl sites for hydroxylation is 1. The van der Waals surface area contributed by atoms with Gasteiger partial charge in [-0.05, 0) is 44.0 Å². The van der Waals surface area contributed by atoms with Crippen LogP contribution in [0.1, 0.15) is 53.8 Å². The molecule has 1 aliphatic carbocycles. The number of benzene rings is 1. The van der Waals surface area contributed by atoms with Crippen molar-refractivity contribution in [1.29, 1.82) is 0 Å². The van der Waals surface area contributed by atoms with E-state index in [0.29, 0.717) is 4.88 Å². The minimum Gasteiger partial charge on any atom is -0.349 e. The maximum absolute atomic E-state index is 12.7. The van der Waals surface area contributed by atoms with Crippen molar-refractivity contribution in [3.05, 3.63) is 46.8 Å². The Balaban J connectivity index is 1.74. The van der Waals surface area contributed by atoms with Crippen LogP contribution in [0.5, 0.6) is 0 Å². The Morgan fingerprint density at radius 3 is 2.28 bits per heavy atom. The highest BCUT2D eigenvalue weighted by molar-refractivity contribution is 7.93. The minimum absolute atomic E-state index is 0.165. The van der Waals surface area contributed by atoms with Crippen LogP contribution in [0.4, 0.5) is 0 Å². The van der Waals surface area contributed by atoms with E-state index in [1.54, 1.807) is 30.3 Å². The molecule has 0 aliphatic heterocycles. The molecule has 134 valence electrons. The monoisotopic (exact) mass is 377 g/mol. The van der Waals surface area contributed by atoms with Crippen molar-refractivity contribution >= 4 is 27.1 Å². The fourth-order valence-electron chi connectivity index (χ4n) is 3.10. The van der Waals surface area contributed by atoms with Gasteiger partial charge >= 0.3 is 0 Å². The normalized spacial score (nSPS) is 16.4. The molecule has 25 heavy (non-hydrogen) atoms. The Labute approximate surface area is 153 Å². The third kappa shape index (κ3) is 4.30. The summed E-state index contributed by atoms with van der Waals surface area (Å²) in [6.07, 6.45) is 6.75. The van der Waals surface area contributed by atoms with Gasteiger partial charge in [0.2, 0.25) is 9.84 Å². The van der Waals surface area contributed by atoms with Gasteiger partial charge in [0, 0.05) is 6.04 Å². The van der Waals surface area contributed by atoms with Gasteiger partial charge in [0.15, 0.2) is 0 Å². The number of amides is 1. The van der Waals surface area contributed by atoms with Crippen molar-refractivity contribution in [2.75, 3.05) is 0 Å². The summed E-state index contributed by atoms with van der Waals surface area (Å²) in [4.78, 5) is 13.2. The lowest BCUT2D eigenvalue weighted by Gasteiger charge is -2.15. The Bertz CT molecular complexity index is 830. The molecule has 0 unspecified atom stereocenters. The van der Waals surface area contributed by atoms with Crippen LogP contribution < -0.4 is 5.32 Å². The van der Waals surface area contributed by atoms with Gasteiger partial charge in [0.25, 0.3) is 5.91 Å². The van der Waals surface area contributed by atoms with Crippen LogP contribution in [0.3, 0.4) is 0 Å². The Hall–Kier alpha value is -1.66. The van der Waals surface area contributed by atoms with Gasteiger partial charge in [-0.2, -0.15) is 0 Å². The lowest BCUT2D eigenvalue weighted by Crippen LogP contribution is -2.33. The number of thiophene rings is 1. The van der Waals surface area contributed by atoms with E-state index in [4.69, 9.17) is 0 Å². The molecule has 1 saturated carbocycles. The zero-order valence-corrected chi connectivity index (χ0v) is 16.0. The first kappa shape index (κ1) is 18.1. The topological polar surface area (TPSA) is 63.2 Å². The quantitative estimate of drug-likeness (QED) is 0.806. The predicted molar refractivity (Wildman–Crippen MR) is 99.9 cm³/mol. The highest BCUT2D eigenvalue weighted by Gasteiger charge is 2.23. The fraction of sp³-hybridized carbons (Fsp3) is 0.421. The third-order valence-electron chi connectivity index (χ3n) is 4.59. The van der Waals surface area contributed by atoms with Crippen LogP contribution in [0.15, 0.2) is 45.5 Å². The van der Waals surface area contributed by atoms with E-state index in [2.05, 4.69) is 5.32 Å². The van der Waals surface area contributed by atoms with Gasteiger partial charge in [-0.25, -0.2) is 8.42 Å². The predicted octanol–water partition coefficient (Wildman–Crippen LogP) is 4.34. The summed E-state index contributed by atoms with van der Waals surface area (Å²) in [6, 6.07) is 10.1. The van der Waals surface area contributed by atoms with E-state index in [0.717, 1.165) is 42.6 Å². The molecular weight excluding hydrogens is 354 g/mol. The van der Waals surface area contributed by atoms with E-state index >= 15 is 0 Å². The van der Waals surface area contributed by atoms with Crippen molar-refractivity contribution < 1.29 is 13.2 Å². The Morgan fingerprint density at radius 1 is 1.00 bits per heavy atom. The molecule has 1 amide bonds. The first-order valence-corrected chi connectivity index (χ1v) is 11.0. The highest BCUT2D eigenvalue weighted by Crippen LogP contribution is 2.28. The van der Waals surface area contributed by atoms with Gasteiger partial charge in [-0.3, -0.25) is 4.79 Å². The zero-order valence-electron chi connectivity index (χ0n) is 14.3. The van der Waals surface area contributed by atoms with Crippen molar-refractivity contribution in [1.82, 2.24) is 5.32 Å². The zero-order chi connectivity index (χ0) is 17.9. The first-order valence-electron chi connectivity index (χ1n) is 8.69. The second-order valence-electron chi connectivity index (χ2n) is 6.60. The summed E-state index contributed by atoms with van der Waals surface area (Å²) in [5, 5.41) is 3.06. The number of carbonyl (C=O) groups excluding carboxylic acids is 1. The molecule has 0 bridgehead atoms. The number of carbonyl (C=O) groups is 1. The van der Waals surface area contributed by atoms with Crippen LogP contribution in [-0.4, -0.2) is 20.4 Å². The van der Waals surface area contributed by atoms with Crippen LogP contribution in [-0.2, 0) is 9.84 Å². The highest BCUT2D eigenvalue weighted by atomic mass is 32.2. The summed E-state index contributed by atoms with van der Waals surface area (Å²) >= 11 is 1.04. The second kappa shape index (κ2) is 7.70. The molecule has 1 fully saturated rings. The average molecular weight is 378 g/mol. The number of sulfone groups is 1. The molecule has 1 aliphatic rings. The van der Waals surface area contributed by atoms with Gasteiger partial charge in [-0.15, -0.1) is 11.3 Å². The van der Waals surface area contributed by atoms with Crippen molar-refractivity contribution in [3.63, 3.8) is 0 Å². The van der Waals surface area contributed by atoms with E-state index in [1.165, 1.54) is 18.9 Å². The number of hydrogen-bond acceptors (Lipinski definition) is 4. The SMILES string of the molecule is Cc1ccc(S(=O)(=O)c2ccc(C(=O)NC3CCCCCC3)s2)cc1. The molecule has 1 N–H and O–H groups in total. The summed E-state index contributed by atoms with van der Waals surface area (Å²) in [7, 11) is -3.57. The summed E-state index contributed by atoms with van der Waals surface area (Å²) < 4.78 is 25.6. The summed E-state index contributed by atoms with van der Waals surface area (Å²) in [5.41, 5.74) is 1.01. The van der Waals surface area contributed by atoms with Gasteiger partial charge in [-0.1, -0.05) is 43.4 Å². The fourth-order valence-corrected chi connectivity index (χ4v) is 5.71. The summed E-state index contributed by atoms with van der Waals surface area (Å²) in [5.74, 6) is -0.165. The lowest BCUT2D eigenvalue weighted by molar-refractivity contribution is 0.0937. The first-order chi connectivity index (χ1) is 12.0. The Kier molecular flexibility index (Phi) is 5.59. The van der Waals surface area contributed by atoms with E-state index in [9.17, 15) is 13.2 Å². The maximum Gasteiger partial charge on any atom is 0.261 e. The molecule has 0 spiro atoms. The number of hydrogen-bond donors (Lipinski definition) is 1. The minimum atomic E-state index is -3.57. The molecule has 2 aromatic rings. The van der Waals surface area contributed by atoms with Crippen LogP contribution in [0.2, 0.25) is 0 Å². The molecular formula is C19H23NO3S2. The molecule has 0 atom stereocenters. The Morgan fingerprint density at radius 2 is 1.64 bits per heavy atom. The molecule has 3 rings (SSSR count). The molecule has 1 aromatic carbocycles. The molecule has 0 saturated heterocycles. The van der Waals surface area contributed by atoms with Gasteiger partial charge < -0.3 is 5.32 Å². The van der Waals surface area contributed by atoms with Crippen molar-refractivity contribution in [2.24, 2.45) is 0 Å². The molecule has 0 radical (unpaired) electrons. The van der Waals surface area contributed by atoms with Crippen molar-refractivity contribution in [2.45, 2.75) is 60.6 Å². The molecule has 6 heteroatoms.